The van der Waals surface area contributed by atoms with E-state index in [2.05, 4.69) is 60.7 Å². The topological polar surface area (TPSA) is 0 Å². The van der Waals surface area contributed by atoms with Crippen LogP contribution in [0.5, 0.6) is 0 Å². The first-order chi connectivity index (χ1) is 11.3. The molecule has 23 heavy (non-hydrogen) atoms. The number of benzene rings is 5. The molecule has 0 unspecified atom stereocenters. The molecular weight excluding hydrogens is 283 g/mol. The Hall–Kier alpha value is -2.93. The van der Waals surface area contributed by atoms with Crippen LogP contribution < -0.4 is 0 Å². The van der Waals surface area contributed by atoms with Crippen molar-refractivity contribution in [1.29, 1.82) is 0 Å². The van der Waals surface area contributed by atoms with E-state index >= 15 is 0 Å². The average molecular weight is 296 g/mol. The van der Waals surface area contributed by atoms with Crippen LogP contribution in [0.15, 0.2) is 78.9 Å². The number of halogens is 1. The van der Waals surface area contributed by atoms with E-state index in [9.17, 15) is 4.39 Å². The van der Waals surface area contributed by atoms with Crippen molar-refractivity contribution in [2.75, 3.05) is 0 Å². The van der Waals surface area contributed by atoms with Gasteiger partial charge in [0.1, 0.15) is 5.82 Å². The van der Waals surface area contributed by atoms with Gasteiger partial charge >= 0.3 is 0 Å². The third kappa shape index (κ3) is 1.97. The molecule has 0 nitrogen and oxygen atoms in total. The van der Waals surface area contributed by atoms with E-state index in [4.69, 9.17) is 0 Å². The second-order valence-electron chi connectivity index (χ2n) is 6.09. The minimum Gasteiger partial charge on any atom is -0.207 e. The Morgan fingerprint density at radius 1 is 0.391 bits per heavy atom. The van der Waals surface area contributed by atoms with Gasteiger partial charge in [-0.1, -0.05) is 30.3 Å². The Balaban J connectivity index is 1.90. The highest BCUT2D eigenvalue weighted by Crippen LogP contribution is 2.30. The average Bonchev–Trinajstić information content (AvgIpc) is 2.56. The third-order valence-corrected chi connectivity index (χ3v) is 4.58. The van der Waals surface area contributed by atoms with Crippen LogP contribution in [-0.4, -0.2) is 0 Å². The summed E-state index contributed by atoms with van der Waals surface area (Å²) in [7, 11) is 0. The van der Waals surface area contributed by atoms with Gasteiger partial charge in [-0.05, 0) is 91.6 Å². The van der Waals surface area contributed by atoms with Crippen LogP contribution in [0.25, 0.3) is 43.1 Å². The summed E-state index contributed by atoms with van der Waals surface area (Å²) < 4.78 is 13.5. The second-order valence-corrected chi connectivity index (χ2v) is 6.09. The van der Waals surface area contributed by atoms with E-state index in [0.717, 1.165) is 16.2 Å². The van der Waals surface area contributed by atoms with E-state index in [0.29, 0.717) is 0 Å². The lowest BCUT2D eigenvalue weighted by Gasteiger charge is -2.07. The lowest BCUT2D eigenvalue weighted by molar-refractivity contribution is 0.630. The zero-order valence-electron chi connectivity index (χ0n) is 12.4. The van der Waals surface area contributed by atoms with Crippen molar-refractivity contribution in [2.24, 2.45) is 0 Å². The predicted octanol–water partition coefficient (Wildman–Crippen LogP) is 6.44. The van der Waals surface area contributed by atoms with Crippen LogP contribution in [0.4, 0.5) is 4.39 Å². The number of hydrogen-bond acceptors (Lipinski definition) is 0. The maximum absolute atomic E-state index is 13.5. The fourth-order valence-corrected chi connectivity index (χ4v) is 3.41. The molecule has 5 rings (SSSR count). The van der Waals surface area contributed by atoms with Crippen molar-refractivity contribution in [2.45, 2.75) is 0 Å². The van der Waals surface area contributed by atoms with Crippen molar-refractivity contribution < 1.29 is 4.39 Å². The van der Waals surface area contributed by atoms with Crippen LogP contribution in [0.1, 0.15) is 0 Å². The van der Waals surface area contributed by atoms with Crippen LogP contribution in [0, 0.1) is 5.82 Å². The lowest BCUT2D eigenvalue weighted by Crippen LogP contribution is -1.81. The van der Waals surface area contributed by atoms with E-state index in [1.807, 2.05) is 6.07 Å². The molecule has 1 heteroatoms. The fraction of sp³-hybridized carbons (Fsp3) is 0. The summed E-state index contributed by atoms with van der Waals surface area (Å²) in [6.45, 7) is 0. The monoisotopic (exact) mass is 296 g/mol. The van der Waals surface area contributed by atoms with Crippen molar-refractivity contribution in [3.63, 3.8) is 0 Å². The summed E-state index contributed by atoms with van der Waals surface area (Å²) >= 11 is 0. The molecule has 0 amide bonds. The molecule has 0 bridgehead atoms. The van der Waals surface area contributed by atoms with Crippen molar-refractivity contribution >= 4 is 43.1 Å². The summed E-state index contributed by atoms with van der Waals surface area (Å²) in [6, 6.07) is 26.4. The number of fused-ring (bicyclic) bond motifs is 4. The predicted molar refractivity (Wildman–Crippen MR) is 96.4 cm³/mol. The summed E-state index contributed by atoms with van der Waals surface area (Å²) in [5.41, 5.74) is 0. The Morgan fingerprint density at radius 2 is 0.783 bits per heavy atom. The minimum absolute atomic E-state index is 0.191. The van der Waals surface area contributed by atoms with Gasteiger partial charge in [-0.15, -0.1) is 0 Å². The summed E-state index contributed by atoms with van der Waals surface area (Å²) in [4.78, 5) is 0. The molecule has 5 aromatic carbocycles. The van der Waals surface area contributed by atoms with Crippen LogP contribution >= 0.6 is 0 Å². The number of hydrogen-bond donors (Lipinski definition) is 0. The van der Waals surface area contributed by atoms with Gasteiger partial charge in [0.05, 0.1) is 0 Å². The molecule has 0 aliphatic heterocycles. The normalized spacial score (nSPS) is 11.7. The van der Waals surface area contributed by atoms with Crippen LogP contribution in [0.3, 0.4) is 0 Å². The highest BCUT2D eigenvalue weighted by Gasteiger charge is 2.03. The molecule has 0 saturated carbocycles. The van der Waals surface area contributed by atoms with E-state index < -0.39 is 0 Å². The Bertz CT molecular complexity index is 1220. The molecule has 0 saturated heterocycles. The molecule has 108 valence electrons. The summed E-state index contributed by atoms with van der Waals surface area (Å²) in [5.74, 6) is -0.191. The zero-order chi connectivity index (χ0) is 15.4. The van der Waals surface area contributed by atoms with Crippen molar-refractivity contribution in [1.82, 2.24) is 0 Å². The maximum atomic E-state index is 13.5. The molecule has 0 fully saturated rings. The van der Waals surface area contributed by atoms with Gasteiger partial charge < -0.3 is 0 Å². The smallest absolute Gasteiger partial charge is 0.123 e. The van der Waals surface area contributed by atoms with Gasteiger partial charge in [-0.2, -0.15) is 0 Å². The van der Waals surface area contributed by atoms with Gasteiger partial charge in [0.2, 0.25) is 0 Å². The first kappa shape index (κ1) is 12.6. The van der Waals surface area contributed by atoms with Crippen LogP contribution in [0.2, 0.25) is 0 Å². The highest BCUT2D eigenvalue weighted by atomic mass is 19.1. The highest BCUT2D eigenvalue weighted by molar-refractivity contribution is 6.08. The molecule has 0 N–H and O–H groups in total. The molecule has 0 heterocycles. The summed E-state index contributed by atoms with van der Waals surface area (Å²) in [5, 5.41) is 9.28. The molecule has 0 aliphatic carbocycles. The molecule has 0 atom stereocenters. The Labute approximate surface area is 132 Å². The quantitative estimate of drug-likeness (QED) is 0.288. The third-order valence-electron chi connectivity index (χ3n) is 4.58. The summed E-state index contributed by atoms with van der Waals surface area (Å²) in [6.07, 6.45) is 0. The Morgan fingerprint density at radius 3 is 1.30 bits per heavy atom. The van der Waals surface area contributed by atoms with E-state index in [-0.39, 0.29) is 5.82 Å². The first-order valence-corrected chi connectivity index (χ1v) is 7.72. The number of rotatable bonds is 0. The van der Waals surface area contributed by atoms with Crippen molar-refractivity contribution in [3.05, 3.63) is 84.7 Å². The standard InChI is InChI=1S/C22H13F/c23-22-6-5-16-9-19-10-17-7-14-3-1-2-4-15(14)8-18(17)11-20(19)12-21(16)13-22/h1-13H. The van der Waals surface area contributed by atoms with Gasteiger partial charge in [0, 0.05) is 0 Å². The molecule has 0 aliphatic rings. The maximum Gasteiger partial charge on any atom is 0.123 e. The van der Waals surface area contributed by atoms with Gasteiger partial charge in [-0.25, -0.2) is 4.39 Å². The van der Waals surface area contributed by atoms with E-state index in [1.54, 1.807) is 6.07 Å². The van der Waals surface area contributed by atoms with Gasteiger partial charge in [0.15, 0.2) is 0 Å². The molecule has 0 radical (unpaired) electrons. The SMILES string of the molecule is Fc1ccc2cc3cc4cc5ccccc5cc4cc3cc2c1. The van der Waals surface area contributed by atoms with Crippen molar-refractivity contribution in [3.8, 4) is 0 Å². The Kier molecular flexibility index (Phi) is 2.48. The van der Waals surface area contributed by atoms with E-state index in [1.165, 1.54) is 33.0 Å². The lowest BCUT2D eigenvalue weighted by atomic mass is 9.97. The molecular formula is C22H13F. The van der Waals surface area contributed by atoms with Gasteiger partial charge in [-0.3, -0.25) is 0 Å². The largest absolute Gasteiger partial charge is 0.207 e. The van der Waals surface area contributed by atoms with Crippen LogP contribution in [-0.2, 0) is 0 Å². The zero-order valence-corrected chi connectivity index (χ0v) is 12.4. The molecule has 0 spiro atoms. The fourth-order valence-electron chi connectivity index (χ4n) is 3.41. The second kappa shape index (κ2) is 4.53. The first-order valence-electron chi connectivity index (χ1n) is 7.72. The minimum atomic E-state index is -0.191. The molecule has 5 aromatic rings. The van der Waals surface area contributed by atoms with Gasteiger partial charge in [0.25, 0.3) is 0 Å². The molecule has 0 aromatic heterocycles.